The molecular weight excluding hydrogens is 112 g/mol. The van der Waals surface area contributed by atoms with Crippen LogP contribution in [0.2, 0.25) is 0 Å². The molecule has 9 heavy (non-hydrogen) atoms. The minimum absolute atomic E-state index is 0.0260. The molecule has 0 spiro atoms. The third-order valence-corrected chi connectivity index (χ3v) is 2.93. The Bertz CT molecular complexity index is 110. The summed E-state index contributed by atoms with van der Waals surface area (Å²) in [4.78, 5) is 0. The smallest absolute Gasteiger partial charge is 0.0339 e. The van der Waals surface area contributed by atoms with Crippen LogP contribution in [0.4, 0.5) is 0 Å². The van der Waals surface area contributed by atoms with Gasteiger partial charge in [-0.3, -0.25) is 0 Å². The van der Waals surface area contributed by atoms with Gasteiger partial charge in [0.1, 0.15) is 0 Å². The second-order valence-corrected chi connectivity index (χ2v) is 3.45. The second-order valence-electron chi connectivity index (χ2n) is 3.45. The van der Waals surface area contributed by atoms with E-state index in [0.29, 0.717) is 12.0 Å². The molecule has 2 atom stereocenters. The summed E-state index contributed by atoms with van der Waals surface area (Å²) in [5.41, 5.74) is 11.7. The highest BCUT2D eigenvalue weighted by molar-refractivity contribution is 5.17. The van der Waals surface area contributed by atoms with Crippen molar-refractivity contribution in [1.82, 2.24) is 0 Å². The first kappa shape index (κ1) is 7.03. The molecule has 1 saturated carbocycles. The Morgan fingerprint density at radius 2 is 2.11 bits per heavy atom. The predicted molar refractivity (Wildman–Crippen MR) is 39.0 cm³/mol. The van der Waals surface area contributed by atoms with Gasteiger partial charge in [-0.15, -0.1) is 0 Å². The highest BCUT2D eigenvalue weighted by atomic mass is 14.9. The van der Waals surface area contributed by atoms with Crippen molar-refractivity contribution in [3.63, 3.8) is 0 Å². The lowest BCUT2D eigenvalue weighted by atomic mass is 10.00. The number of nitrogens with two attached hydrogens (primary N) is 2. The maximum atomic E-state index is 5.91. The van der Waals surface area contributed by atoms with Crippen LogP contribution in [0.1, 0.15) is 26.7 Å². The quantitative estimate of drug-likeness (QED) is 0.567. The van der Waals surface area contributed by atoms with Crippen LogP contribution in [0.3, 0.4) is 0 Å². The normalized spacial score (nSPS) is 49.3. The van der Waals surface area contributed by atoms with Gasteiger partial charge in [-0.1, -0.05) is 13.8 Å². The van der Waals surface area contributed by atoms with Crippen molar-refractivity contribution < 1.29 is 0 Å². The SMILES string of the molecule is CC[C@@]1(C)C[C@@]1(N)CN. The van der Waals surface area contributed by atoms with E-state index in [1.807, 2.05) is 0 Å². The second kappa shape index (κ2) is 1.70. The molecule has 54 valence electrons. The molecule has 1 aliphatic carbocycles. The van der Waals surface area contributed by atoms with E-state index in [1.165, 1.54) is 0 Å². The summed E-state index contributed by atoms with van der Waals surface area (Å²) >= 11 is 0. The molecular formula is C7H16N2. The van der Waals surface area contributed by atoms with E-state index in [-0.39, 0.29) is 5.54 Å². The molecule has 1 rings (SSSR count). The molecule has 0 saturated heterocycles. The Balaban J connectivity index is 2.54. The van der Waals surface area contributed by atoms with E-state index in [1.54, 1.807) is 0 Å². The minimum atomic E-state index is -0.0260. The lowest BCUT2D eigenvalue weighted by Gasteiger charge is -2.13. The molecule has 0 amide bonds. The van der Waals surface area contributed by atoms with Gasteiger partial charge in [0.2, 0.25) is 0 Å². The van der Waals surface area contributed by atoms with E-state index < -0.39 is 0 Å². The molecule has 4 N–H and O–H groups in total. The van der Waals surface area contributed by atoms with Crippen LogP contribution in [0.5, 0.6) is 0 Å². The van der Waals surface area contributed by atoms with Crippen molar-refractivity contribution in [2.45, 2.75) is 32.2 Å². The number of hydrogen-bond acceptors (Lipinski definition) is 2. The zero-order chi connectivity index (χ0) is 7.12. The topological polar surface area (TPSA) is 52.0 Å². The molecule has 2 nitrogen and oxygen atoms in total. The highest BCUT2D eigenvalue weighted by Gasteiger charge is 2.59. The van der Waals surface area contributed by atoms with Crippen LogP contribution in [0.25, 0.3) is 0 Å². The van der Waals surface area contributed by atoms with Gasteiger partial charge in [-0.25, -0.2) is 0 Å². The summed E-state index contributed by atoms with van der Waals surface area (Å²) in [5.74, 6) is 0. The molecule has 2 heteroatoms. The summed E-state index contributed by atoms with van der Waals surface area (Å²) in [6.45, 7) is 5.02. The zero-order valence-corrected chi connectivity index (χ0v) is 6.28. The van der Waals surface area contributed by atoms with Crippen LogP contribution < -0.4 is 11.5 Å². The molecule has 0 unspecified atom stereocenters. The first-order chi connectivity index (χ1) is 4.08. The molecule has 1 fully saturated rings. The van der Waals surface area contributed by atoms with Crippen molar-refractivity contribution in [2.24, 2.45) is 16.9 Å². The van der Waals surface area contributed by atoms with Gasteiger partial charge in [0.25, 0.3) is 0 Å². The Labute approximate surface area is 56.6 Å². The van der Waals surface area contributed by atoms with Crippen LogP contribution in [0, 0.1) is 5.41 Å². The minimum Gasteiger partial charge on any atom is -0.329 e. The van der Waals surface area contributed by atoms with Gasteiger partial charge in [-0.2, -0.15) is 0 Å². The molecule has 0 aromatic rings. The van der Waals surface area contributed by atoms with Gasteiger partial charge in [-0.05, 0) is 18.3 Å². The molecule has 0 aromatic heterocycles. The average molecular weight is 128 g/mol. The number of rotatable bonds is 2. The summed E-state index contributed by atoms with van der Waals surface area (Å²) in [6, 6.07) is 0. The standard InChI is InChI=1S/C7H16N2/c1-3-6(2)4-7(6,9)5-8/h3-5,8-9H2,1-2H3/t6-,7+/m0/s1. The highest BCUT2D eigenvalue weighted by Crippen LogP contribution is 2.55. The fourth-order valence-corrected chi connectivity index (χ4v) is 1.45. The van der Waals surface area contributed by atoms with Gasteiger partial charge < -0.3 is 11.5 Å². The maximum Gasteiger partial charge on any atom is 0.0339 e. The largest absolute Gasteiger partial charge is 0.329 e. The van der Waals surface area contributed by atoms with E-state index >= 15 is 0 Å². The van der Waals surface area contributed by atoms with Gasteiger partial charge in [0.15, 0.2) is 0 Å². The van der Waals surface area contributed by atoms with Crippen LogP contribution in [-0.2, 0) is 0 Å². The van der Waals surface area contributed by atoms with E-state index in [9.17, 15) is 0 Å². The Hall–Kier alpha value is -0.0800. The van der Waals surface area contributed by atoms with Crippen LogP contribution in [-0.4, -0.2) is 12.1 Å². The van der Waals surface area contributed by atoms with Gasteiger partial charge in [0.05, 0.1) is 0 Å². The van der Waals surface area contributed by atoms with E-state index in [4.69, 9.17) is 11.5 Å². The maximum absolute atomic E-state index is 5.91. The Morgan fingerprint density at radius 1 is 1.56 bits per heavy atom. The third kappa shape index (κ3) is 0.775. The molecule has 0 radical (unpaired) electrons. The lowest BCUT2D eigenvalue weighted by Crippen LogP contribution is -2.37. The Morgan fingerprint density at radius 3 is 2.22 bits per heavy atom. The molecule has 0 heterocycles. The molecule has 1 aliphatic rings. The van der Waals surface area contributed by atoms with Crippen LogP contribution >= 0.6 is 0 Å². The van der Waals surface area contributed by atoms with Crippen LogP contribution in [0.15, 0.2) is 0 Å². The van der Waals surface area contributed by atoms with Crippen molar-refractivity contribution in [3.8, 4) is 0 Å². The fraction of sp³-hybridized carbons (Fsp3) is 1.00. The monoisotopic (exact) mass is 128 g/mol. The predicted octanol–water partition coefficient (Wildman–Crippen LogP) is 0.463. The van der Waals surface area contributed by atoms with E-state index in [0.717, 1.165) is 12.8 Å². The first-order valence-electron chi connectivity index (χ1n) is 3.57. The summed E-state index contributed by atoms with van der Waals surface area (Å²) in [6.07, 6.45) is 2.26. The molecule has 0 bridgehead atoms. The average Bonchev–Trinajstić information content (AvgIpc) is 2.39. The van der Waals surface area contributed by atoms with Crippen molar-refractivity contribution in [3.05, 3.63) is 0 Å². The summed E-state index contributed by atoms with van der Waals surface area (Å²) in [5, 5.41) is 0. The Kier molecular flexibility index (Phi) is 1.33. The zero-order valence-electron chi connectivity index (χ0n) is 6.28. The van der Waals surface area contributed by atoms with Crippen molar-refractivity contribution in [2.75, 3.05) is 6.54 Å². The van der Waals surface area contributed by atoms with E-state index in [2.05, 4.69) is 13.8 Å². The van der Waals surface area contributed by atoms with Crippen molar-refractivity contribution >= 4 is 0 Å². The first-order valence-corrected chi connectivity index (χ1v) is 3.57. The molecule has 0 aromatic carbocycles. The van der Waals surface area contributed by atoms with Gasteiger partial charge >= 0.3 is 0 Å². The summed E-state index contributed by atoms with van der Waals surface area (Å²) in [7, 11) is 0. The van der Waals surface area contributed by atoms with Gasteiger partial charge in [0, 0.05) is 12.1 Å². The summed E-state index contributed by atoms with van der Waals surface area (Å²) < 4.78 is 0. The fourth-order valence-electron chi connectivity index (χ4n) is 1.45. The lowest BCUT2D eigenvalue weighted by molar-refractivity contribution is 0.443. The third-order valence-electron chi connectivity index (χ3n) is 2.93. The van der Waals surface area contributed by atoms with Crippen molar-refractivity contribution in [1.29, 1.82) is 0 Å². The molecule has 0 aliphatic heterocycles. The number of hydrogen-bond donors (Lipinski definition) is 2.